The lowest BCUT2D eigenvalue weighted by atomic mass is 10.2. The first-order valence-corrected chi connectivity index (χ1v) is 12.2. The Morgan fingerprint density at radius 2 is 1.49 bits per heavy atom. The van der Waals surface area contributed by atoms with E-state index in [9.17, 15) is 0 Å². The Morgan fingerprint density at radius 3 is 2.20 bits per heavy atom. The van der Waals surface area contributed by atoms with Gasteiger partial charge in [-0.15, -0.1) is 0 Å². The van der Waals surface area contributed by atoms with Gasteiger partial charge in [0.25, 0.3) is 0 Å². The van der Waals surface area contributed by atoms with Crippen LogP contribution in [0.2, 0.25) is 15.1 Å². The molecule has 0 radical (unpaired) electrons. The zero-order valence-electron chi connectivity index (χ0n) is 19.1. The molecular weight excluding hydrogens is 505 g/mol. The molecule has 180 valence electrons. The fourth-order valence-corrected chi connectivity index (χ4v) is 4.14. The number of ether oxygens (including phenoxy) is 3. The second kappa shape index (κ2) is 12.1. The largest absolute Gasteiger partial charge is 0.490 e. The van der Waals surface area contributed by atoms with Crippen molar-refractivity contribution in [2.24, 2.45) is 0 Å². The summed E-state index contributed by atoms with van der Waals surface area (Å²) in [5.74, 6) is 2.62. The van der Waals surface area contributed by atoms with E-state index in [1.165, 1.54) is 0 Å². The van der Waals surface area contributed by atoms with Crippen LogP contribution in [0, 0.1) is 0 Å². The Hall–Kier alpha value is -3.05. The van der Waals surface area contributed by atoms with Crippen molar-refractivity contribution in [1.29, 1.82) is 0 Å². The first kappa shape index (κ1) is 25.1. The maximum atomic E-state index is 6.58. The minimum Gasteiger partial charge on any atom is -0.490 e. The molecule has 0 spiro atoms. The Balaban J connectivity index is 1.41. The zero-order chi connectivity index (χ0) is 24.6. The molecule has 0 fully saturated rings. The highest BCUT2D eigenvalue weighted by Gasteiger charge is 2.14. The molecule has 0 aromatic heterocycles. The third-order valence-corrected chi connectivity index (χ3v) is 5.95. The summed E-state index contributed by atoms with van der Waals surface area (Å²) in [6.45, 7) is 3.19. The molecule has 4 nitrogen and oxygen atoms in total. The predicted octanol–water partition coefficient (Wildman–Crippen LogP) is 9.03. The maximum absolute atomic E-state index is 6.58. The smallest absolute Gasteiger partial charge is 0.180 e. The van der Waals surface area contributed by atoms with Gasteiger partial charge in [-0.2, -0.15) is 0 Å². The monoisotopic (exact) mass is 527 g/mol. The summed E-state index contributed by atoms with van der Waals surface area (Å²) < 4.78 is 17.6. The van der Waals surface area contributed by atoms with Crippen molar-refractivity contribution in [2.75, 3.05) is 11.9 Å². The lowest BCUT2D eigenvalue weighted by molar-refractivity contribution is 0.269. The SMILES string of the molecule is CCOc1cc(CNc2ccc(Oc3ccccc3)cc2)cc(Cl)c1OCc1ccc(Cl)cc1Cl. The molecule has 0 unspecified atom stereocenters. The standard InChI is InChI=1S/C28H24Cl3NO3/c1-2-33-27-15-19(14-26(31)28(27)34-18-20-8-9-21(29)16-25(20)30)17-32-22-10-12-24(13-11-22)35-23-6-4-3-5-7-23/h3-16,32H,2,17-18H2,1H3. The number of para-hydroxylation sites is 1. The molecule has 0 aliphatic carbocycles. The second-order valence-corrected chi connectivity index (χ2v) is 8.91. The van der Waals surface area contributed by atoms with Crippen molar-refractivity contribution in [1.82, 2.24) is 0 Å². The molecule has 35 heavy (non-hydrogen) atoms. The quantitative estimate of drug-likeness (QED) is 0.223. The fraction of sp³-hybridized carbons (Fsp3) is 0.143. The molecule has 0 heterocycles. The number of nitrogens with one attached hydrogen (secondary N) is 1. The Bertz CT molecular complexity index is 1260. The van der Waals surface area contributed by atoms with E-state index in [2.05, 4.69) is 5.32 Å². The summed E-state index contributed by atoms with van der Waals surface area (Å²) in [5.41, 5.74) is 2.72. The van der Waals surface area contributed by atoms with Gasteiger partial charge in [0, 0.05) is 27.8 Å². The molecule has 4 rings (SSSR count). The van der Waals surface area contributed by atoms with E-state index in [4.69, 9.17) is 49.0 Å². The lowest BCUT2D eigenvalue weighted by Gasteiger charge is -2.16. The van der Waals surface area contributed by atoms with Gasteiger partial charge in [0.15, 0.2) is 11.5 Å². The first-order valence-electron chi connectivity index (χ1n) is 11.1. The van der Waals surface area contributed by atoms with Crippen molar-refractivity contribution < 1.29 is 14.2 Å². The van der Waals surface area contributed by atoms with Gasteiger partial charge >= 0.3 is 0 Å². The van der Waals surface area contributed by atoms with Gasteiger partial charge < -0.3 is 19.5 Å². The van der Waals surface area contributed by atoms with Crippen LogP contribution in [0.15, 0.2) is 84.9 Å². The normalized spacial score (nSPS) is 10.6. The van der Waals surface area contributed by atoms with Crippen molar-refractivity contribution >= 4 is 40.5 Å². The Kier molecular flexibility index (Phi) is 8.64. The summed E-state index contributed by atoms with van der Waals surface area (Å²) in [5, 5.41) is 4.97. The van der Waals surface area contributed by atoms with Crippen molar-refractivity contribution in [3.8, 4) is 23.0 Å². The number of hydrogen-bond acceptors (Lipinski definition) is 4. The molecule has 0 saturated heterocycles. The molecule has 0 saturated carbocycles. The Morgan fingerprint density at radius 1 is 0.743 bits per heavy atom. The first-order chi connectivity index (χ1) is 17.0. The average Bonchev–Trinajstić information content (AvgIpc) is 2.85. The highest BCUT2D eigenvalue weighted by atomic mass is 35.5. The van der Waals surface area contributed by atoms with Crippen molar-refractivity contribution in [3.05, 3.63) is 111 Å². The highest BCUT2D eigenvalue weighted by Crippen LogP contribution is 2.38. The molecule has 0 bridgehead atoms. The van der Waals surface area contributed by atoms with Gasteiger partial charge in [0.2, 0.25) is 0 Å². The van der Waals surface area contributed by atoms with Crippen LogP contribution in [-0.2, 0) is 13.2 Å². The average molecular weight is 529 g/mol. The van der Waals surface area contributed by atoms with Crippen LogP contribution in [0.4, 0.5) is 5.69 Å². The highest BCUT2D eigenvalue weighted by molar-refractivity contribution is 6.35. The van der Waals surface area contributed by atoms with E-state index in [0.29, 0.717) is 39.7 Å². The van der Waals surface area contributed by atoms with E-state index < -0.39 is 0 Å². The summed E-state index contributed by atoms with van der Waals surface area (Å²) in [7, 11) is 0. The van der Waals surface area contributed by atoms with Gasteiger partial charge in [-0.25, -0.2) is 0 Å². The molecule has 7 heteroatoms. The number of anilines is 1. The van der Waals surface area contributed by atoms with E-state index in [0.717, 1.165) is 28.3 Å². The van der Waals surface area contributed by atoms with Gasteiger partial charge in [-0.1, -0.05) is 59.1 Å². The second-order valence-electron chi connectivity index (χ2n) is 7.66. The molecule has 0 atom stereocenters. The van der Waals surface area contributed by atoms with Gasteiger partial charge in [-0.3, -0.25) is 0 Å². The molecule has 1 N–H and O–H groups in total. The Labute approximate surface area is 220 Å². The lowest BCUT2D eigenvalue weighted by Crippen LogP contribution is -2.04. The van der Waals surface area contributed by atoms with Crippen LogP contribution in [-0.4, -0.2) is 6.61 Å². The molecule has 0 aliphatic heterocycles. The fourth-order valence-electron chi connectivity index (χ4n) is 3.38. The van der Waals surface area contributed by atoms with Gasteiger partial charge in [0.1, 0.15) is 18.1 Å². The van der Waals surface area contributed by atoms with E-state index in [-0.39, 0.29) is 6.61 Å². The van der Waals surface area contributed by atoms with E-state index in [1.54, 1.807) is 12.1 Å². The van der Waals surface area contributed by atoms with Crippen LogP contribution < -0.4 is 19.5 Å². The van der Waals surface area contributed by atoms with Crippen molar-refractivity contribution in [2.45, 2.75) is 20.1 Å². The van der Waals surface area contributed by atoms with E-state index in [1.807, 2.05) is 79.7 Å². The van der Waals surface area contributed by atoms with Crippen LogP contribution in [0.1, 0.15) is 18.1 Å². The molecular formula is C28H24Cl3NO3. The topological polar surface area (TPSA) is 39.7 Å². The summed E-state index contributed by atoms with van der Waals surface area (Å²) >= 11 is 18.8. The molecule has 0 amide bonds. The number of hydrogen-bond donors (Lipinski definition) is 1. The summed E-state index contributed by atoms with van der Waals surface area (Å²) in [6, 6.07) is 26.5. The van der Waals surface area contributed by atoms with E-state index >= 15 is 0 Å². The maximum Gasteiger partial charge on any atom is 0.180 e. The van der Waals surface area contributed by atoms with Gasteiger partial charge in [-0.05, 0) is 73.2 Å². The minimum absolute atomic E-state index is 0.241. The van der Waals surface area contributed by atoms with Gasteiger partial charge in [0.05, 0.1) is 11.6 Å². The predicted molar refractivity (Wildman–Crippen MR) is 144 cm³/mol. The zero-order valence-corrected chi connectivity index (χ0v) is 21.3. The van der Waals surface area contributed by atoms with Crippen molar-refractivity contribution in [3.63, 3.8) is 0 Å². The third kappa shape index (κ3) is 6.98. The molecule has 0 aliphatic rings. The summed E-state index contributed by atoms with van der Waals surface area (Å²) in [4.78, 5) is 0. The van der Waals surface area contributed by atoms with Crippen LogP contribution in [0.25, 0.3) is 0 Å². The molecule has 4 aromatic carbocycles. The van der Waals surface area contributed by atoms with Crippen LogP contribution >= 0.6 is 34.8 Å². The summed E-state index contributed by atoms with van der Waals surface area (Å²) in [6.07, 6.45) is 0. The third-order valence-electron chi connectivity index (χ3n) is 5.09. The molecule has 4 aromatic rings. The van der Waals surface area contributed by atoms with Crippen LogP contribution in [0.5, 0.6) is 23.0 Å². The minimum atomic E-state index is 0.241. The number of rotatable bonds is 10. The van der Waals surface area contributed by atoms with Crippen LogP contribution in [0.3, 0.4) is 0 Å². The number of benzene rings is 4. The number of halogens is 3.